The summed E-state index contributed by atoms with van der Waals surface area (Å²) in [6.07, 6.45) is 1.08. The van der Waals surface area contributed by atoms with Gasteiger partial charge in [-0.2, -0.15) is 0 Å². The average Bonchev–Trinajstić information content (AvgIpc) is 2.26. The van der Waals surface area contributed by atoms with Crippen LogP contribution in [0.3, 0.4) is 0 Å². The predicted octanol–water partition coefficient (Wildman–Crippen LogP) is 2.92. The van der Waals surface area contributed by atoms with Gasteiger partial charge in [0, 0.05) is 9.79 Å². The third-order valence-electron chi connectivity index (χ3n) is 2.55. The summed E-state index contributed by atoms with van der Waals surface area (Å²) in [5.74, 6) is 0. The Morgan fingerprint density at radius 3 is 1.73 bits per heavy atom. The molecule has 0 fully saturated rings. The molecule has 76 valence electrons. The molecule has 0 saturated heterocycles. The SMILES string of the molecule is O.c1ccc2c(c1)Cc1ccccc1S2. The Morgan fingerprint density at radius 1 is 0.733 bits per heavy atom. The minimum absolute atomic E-state index is 0. The lowest BCUT2D eigenvalue weighted by Crippen LogP contribution is -1.98. The minimum Gasteiger partial charge on any atom is -0.412 e. The van der Waals surface area contributed by atoms with Gasteiger partial charge in [0.25, 0.3) is 0 Å². The average molecular weight is 216 g/mol. The smallest absolute Gasteiger partial charge is 0.0157 e. The van der Waals surface area contributed by atoms with Gasteiger partial charge in [0.2, 0.25) is 0 Å². The monoisotopic (exact) mass is 216 g/mol. The van der Waals surface area contributed by atoms with Crippen LogP contribution in [0.5, 0.6) is 0 Å². The zero-order valence-corrected chi connectivity index (χ0v) is 9.05. The summed E-state index contributed by atoms with van der Waals surface area (Å²) in [6.45, 7) is 0. The van der Waals surface area contributed by atoms with Gasteiger partial charge >= 0.3 is 0 Å². The topological polar surface area (TPSA) is 31.5 Å². The quantitative estimate of drug-likeness (QED) is 0.568. The summed E-state index contributed by atoms with van der Waals surface area (Å²) in [5.41, 5.74) is 2.91. The van der Waals surface area contributed by atoms with Crippen LogP contribution in [-0.4, -0.2) is 5.48 Å². The van der Waals surface area contributed by atoms with Crippen LogP contribution in [0.15, 0.2) is 58.3 Å². The standard InChI is InChI=1S/C13H10S.H2O/c1-3-7-12-10(5-1)9-11-6-2-4-8-13(11)14-12;/h1-8H,9H2;1H2. The van der Waals surface area contributed by atoms with Crippen LogP contribution in [0.1, 0.15) is 11.1 Å². The van der Waals surface area contributed by atoms with Crippen LogP contribution < -0.4 is 0 Å². The zero-order valence-electron chi connectivity index (χ0n) is 8.23. The van der Waals surface area contributed by atoms with Crippen molar-refractivity contribution in [1.29, 1.82) is 0 Å². The third kappa shape index (κ3) is 1.78. The highest BCUT2D eigenvalue weighted by Gasteiger charge is 2.13. The van der Waals surface area contributed by atoms with E-state index in [2.05, 4.69) is 48.5 Å². The van der Waals surface area contributed by atoms with Gasteiger partial charge in [-0.1, -0.05) is 48.2 Å². The van der Waals surface area contributed by atoms with Crippen LogP contribution in [-0.2, 0) is 6.42 Å². The molecule has 1 aliphatic rings. The van der Waals surface area contributed by atoms with E-state index in [4.69, 9.17) is 0 Å². The fraction of sp³-hybridized carbons (Fsp3) is 0.0769. The highest BCUT2D eigenvalue weighted by Crippen LogP contribution is 2.38. The van der Waals surface area contributed by atoms with Crippen molar-refractivity contribution < 1.29 is 5.48 Å². The molecule has 0 radical (unpaired) electrons. The fourth-order valence-electron chi connectivity index (χ4n) is 1.82. The molecule has 0 saturated carbocycles. The molecule has 2 N–H and O–H groups in total. The Labute approximate surface area is 93.5 Å². The largest absolute Gasteiger partial charge is 0.412 e. The molecule has 0 aromatic heterocycles. The van der Waals surface area contributed by atoms with Crippen molar-refractivity contribution in [2.24, 2.45) is 0 Å². The molecule has 1 heterocycles. The third-order valence-corrected chi connectivity index (χ3v) is 3.78. The first-order chi connectivity index (χ1) is 6.93. The summed E-state index contributed by atoms with van der Waals surface area (Å²) >= 11 is 1.88. The Hall–Kier alpha value is -1.25. The van der Waals surface area contributed by atoms with Gasteiger partial charge in [-0.25, -0.2) is 0 Å². The molecule has 15 heavy (non-hydrogen) atoms. The first-order valence-corrected chi connectivity index (χ1v) is 5.59. The minimum atomic E-state index is 0. The Kier molecular flexibility index (Phi) is 2.80. The van der Waals surface area contributed by atoms with Gasteiger partial charge in [-0.05, 0) is 29.7 Å². The lowest BCUT2D eigenvalue weighted by molar-refractivity contribution is 0.824. The Balaban J connectivity index is 0.000000853. The summed E-state index contributed by atoms with van der Waals surface area (Å²) < 4.78 is 0. The molecular formula is C13H12OS. The lowest BCUT2D eigenvalue weighted by atomic mass is 10.0. The summed E-state index contributed by atoms with van der Waals surface area (Å²) in [6, 6.07) is 17.3. The highest BCUT2D eigenvalue weighted by molar-refractivity contribution is 7.99. The lowest BCUT2D eigenvalue weighted by Gasteiger charge is -2.17. The molecule has 2 aromatic rings. The number of benzene rings is 2. The van der Waals surface area contributed by atoms with E-state index in [0.717, 1.165) is 6.42 Å². The van der Waals surface area contributed by atoms with Crippen LogP contribution in [0.25, 0.3) is 0 Å². The van der Waals surface area contributed by atoms with Crippen molar-refractivity contribution in [2.45, 2.75) is 16.2 Å². The van der Waals surface area contributed by atoms with E-state index in [-0.39, 0.29) is 5.48 Å². The summed E-state index contributed by atoms with van der Waals surface area (Å²) in [7, 11) is 0. The van der Waals surface area contributed by atoms with Gasteiger partial charge in [-0.15, -0.1) is 0 Å². The molecular weight excluding hydrogens is 204 g/mol. The van der Waals surface area contributed by atoms with E-state index in [1.165, 1.54) is 20.9 Å². The van der Waals surface area contributed by atoms with Crippen LogP contribution in [0.2, 0.25) is 0 Å². The van der Waals surface area contributed by atoms with Gasteiger partial charge < -0.3 is 5.48 Å². The van der Waals surface area contributed by atoms with E-state index in [1.807, 2.05) is 11.8 Å². The van der Waals surface area contributed by atoms with Crippen LogP contribution in [0, 0.1) is 0 Å². The molecule has 1 aliphatic heterocycles. The van der Waals surface area contributed by atoms with Crippen molar-refractivity contribution in [2.75, 3.05) is 0 Å². The highest BCUT2D eigenvalue weighted by atomic mass is 32.2. The second-order valence-electron chi connectivity index (χ2n) is 3.49. The zero-order chi connectivity index (χ0) is 9.38. The molecule has 0 atom stereocenters. The molecule has 3 rings (SSSR count). The van der Waals surface area contributed by atoms with Gasteiger partial charge in [0.1, 0.15) is 0 Å². The fourth-order valence-corrected chi connectivity index (χ4v) is 2.90. The predicted molar refractivity (Wildman–Crippen MR) is 63.4 cm³/mol. The maximum atomic E-state index is 2.22. The maximum Gasteiger partial charge on any atom is 0.0157 e. The second-order valence-corrected chi connectivity index (χ2v) is 4.58. The molecule has 0 bridgehead atoms. The molecule has 2 aromatic carbocycles. The van der Waals surface area contributed by atoms with Crippen molar-refractivity contribution in [3.05, 3.63) is 59.7 Å². The van der Waals surface area contributed by atoms with Crippen molar-refractivity contribution in [1.82, 2.24) is 0 Å². The van der Waals surface area contributed by atoms with Crippen molar-refractivity contribution in [3.63, 3.8) is 0 Å². The Bertz CT molecular complexity index is 392. The van der Waals surface area contributed by atoms with Crippen molar-refractivity contribution >= 4 is 11.8 Å². The number of hydrogen-bond donors (Lipinski definition) is 0. The van der Waals surface area contributed by atoms with E-state index in [9.17, 15) is 0 Å². The van der Waals surface area contributed by atoms with Gasteiger partial charge in [0.15, 0.2) is 0 Å². The van der Waals surface area contributed by atoms with E-state index in [1.54, 1.807) is 0 Å². The van der Waals surface area contributed by atoms with Crippen LogP contribution in [0.4, 0.5) is 0 Å². The maximum absolute atomic E-state index is 2.22. The van der Waals surface area contributed by atoms with Gasteiger partial charge in [0.05, 0.1) is 0 Å². The number of hydrogen-bond acceptors (Lipinski definition) is 1. The Morgan fingerprint density at radius 2 is 1.20 bits per heavy atom. The molecule has 0 amide bonds. The van der Waals surface area contributed by atoms with E-state index >= 15 is 0 Å². The van der Waals surface area contributed by atoms with E-state index in [0.29, 0.717) is 0 Å². The summed E-state index contributed by atoms with van der Waals surface area (Å²) in [4.78, 5) is 2.82. The van der Waals surface area contributed by atoms with Crippen molar-refractivity contribution in [3.8, 4) is 0 Å². The van der Waals surface area contributed by atoms with E-state index < -0.39 is 0 Å². The molecule has 0 spiro atoms. The van der Waals surface area contributed by atoms with Gasteiger partial charge in [-0.3, -0.25) is 0 Å². The first kappa shape index (κ1) is 10.3. The number of rotatable bonds is 0. The number of fused-ring (bicyclic) bond motifs is 2. The first-order valence-electron chi connectivity index (χ1n) is 4.77. The second kappa shape index (κ2) is 4.09. The molecule has 0 unspecified atom stereocenters. The normalized spacial score (nSPS) is 12.3. The summed E-state index contributed by atoms with van der Waals surface area (Å²) in [5, 5.41) is 0. The molecule has 0 aliphatic carbocycles. The molecule has 2 heteroatoms. The van der Waals surface area contributed by atoms with Crippen LogP contribution >= 0.6 is 11.8 Å². The molecule has 1 nitrogen and oxygen atoms in total.